The lowest BCUT2D eigenvalue weighted by atomic mass is 10.00. The van der Waals surface area contributed by atoms with Crippen molar-refractivity contribution in [2.45, 2.75) is 30.6 Å². The van der Waals surface area contributed by atoms with Crippen LogP contribution in [0, 0.1) is 12.8 Å². The van der Waals surface area contributed by atoms with Crippen LogP contribution in [0.1, 0.15) is 24.2 Å². The number of aryl methyl sites for hydroxylation is 1. The van der Waals surface area contributed by atoms with Crippen molar-refractivity contribution in [3.63, 3.8) is 0 Å². The molecule has 1 aliphatic rings. The summed E-state index contributed by atoms with van der Waals surface area (Å²) in [5.41, 5.74) is 2.86. The summed E-state index contributed by atoms with van der Waals surface area (Å²) in [6.07, 6.45) is 1.23. The Morgan fingerprint density at radius 2 is 1.97 bits per heavy atom. The van der Waals surface area contributed by atoms with Gasteiger partial charge in [0.05, 0.1) is 28.3 Å². The number of benzene rings is 1. The molecule has 0 amide bonds. The maximum atomic E-state index is 12.7. The minimum atomic E-state index is -3.56. The number of hydrogen-bond acceptors (Lipinski definition) is 7. The zero-order chi connectivity index (χ0) is 20.4. The molecule has 152 valence electrons. The largest absolute Gasteiger partial charge is 0.459 e. The van der Waals surface area contributed by atoms with Gasteiger partial charge in [-0.2, -0.15) is 4.31 Å². The number of hydrogen-bond donors (Lipinski definition) is 0. The first kappa shape index (κ1) is 19.9. The average molecular weight is 432 g/mol. The number of nitrogens with zero attached hydrogens (tertiary/aromatic N) is 3. The van der Waals surface area contributed by atoms with E-state index >= 15 is 0 Å². The van der Waals surface area contributed by atoms with Gasteiger partial charge in [0.2, 0.25) is 0 Å². The van der Waals surface area contributed by atoms with Crippen LogP contribution < -0.4 is 0 Å². The first-order chi connectivity index (χ1) is 13.9. The molecule has 1 fully saturated rings. The van der Waals surface area contributed by atoms with E-state index in [0.717, 1.165) is 11.0 Å². The highest BCUT2D eigenvalue weighted by Crippen LogP contribution is 2.27. The zero-order valence-corrected chi connectivity index (χ0v) is 17.6. The lowest BCUT2D eigenvalue weighted by Gasteiger charge is -2.30. The fourth-order valence-electron chi connectivity index (χ4n) is 3.41. The maximum absolute atomic E-state index is 12.7. The normalized spacial score (nSPS) is 18.0. The van der Waals surface area contributed by atoms with Crippen molar-refractivity contribution in [2.75, 3.05) is 13.1 Å². The van der Waals surface area contributed by atoms with E-state index in [-0.39, 0.29) is 13.2 Å². The van der Waals surface area contributed by atoms with Crippen molar-refractivity contribution in [2.24, 2.45) is 5.92 Å². The second-order valence-corrected chi connectivity index (χ2v) is 10.1. The quantitative estimate of drug-likeness (QED) is 0.577. The SMILES string of the molecule is Cc1nc2ccccc2nc1COC(=O)[C@@H]1CCCN(S(=O)(=O)c2cccs2)C1. The average Bonchev–Trinajstić information content (AvgIpc) is 3.28. The summed E-state index contributed by atoms with van der Waals surface area (Å²) in [6.45, 7) is 2.41. The van der Waals surface area contributed by atoms with Crippen molar-refractivity contribution >= 4 is 38.4 Å². The lowest BCUT2D eigenvalue weighted by Crippen LogP contribution is -2.42. The molecule has 29 heavy (non-hydrogen) atoms. The molecule has 1 atom stereocenters. The van der Waals surface area contributed by atoms with Crippen LogP contribution in [-0.4, -0.2) is 41.7 Å². The molecule has 0 radical (unpaired) electrons. The first-order valence-electron chi connectivity index (χ1n) is 9.38. The van der Waals surface area contributed by atoms with Gasteiger partial charge in [0.1, 0.15) is 10.8 Å². The van der Waals surface area contributed by atoms with Crippen molar-refractivity contribution in [3.05, 3.63) is 53.2 Å². The van der Waals surface area contributed by atoms with E-state index < -0.39 is 21.9 Å². The monoisotopic (exact) mass is 431 g/mol. The zero-order valence-electron chi connectivity index (χ0n) is 15.9. The molecule has 0 bridgehead atoms. The van der Waals surface area contributed by atoms with Crippen LogP contribution in [0.4, 0.5) is 0 Å². The number of para-hydroxylation sites is 2. The molecule has 4 rings (SSSR count). The summed E-state index contributed by atoms with van der Waals surface area (Å²) in [4.78, 5) is 21.6. The number of esters is 1. The van der Waals surface area contributed by atoms with Crippen LogP contribution >= 0.6 is 11.3 Å². The Hall–Kier alpha value is -2.36. The van der Waals surface area contributed by atoms with E-state index in [1.165, 1.54) is 15.6 Å². The molecule has 1 saturated heterocycles. The van der Waals surface area contributed by atoms with Gasteiger partial charge in [-0.3, -0.25) is 4.79 Å². The Kier molecular flexibility index (Phi) is 5.62. The highest BCUT2D eigenvalue weighted by atomic mass is 32.2. The number of sulfonamides is 1. The van der Waals surface area contributed by atoms with Gasteiger partial charge in [-0.25, -0.2) is 18.4 Å². The smallest absolute Gasteiger partial charge is 0.310 e. The second-order valence-electron chi connectivity index (χ2n) is 6.99. The van der Waals surface area contributed by atoms with Gasteiger partial charge < -0.3 is 4.74 Å². The van der Waals surface area contributed by atoms with Gasteiger partial charge in [0, 0.05) is 13.1 Å². The Morgan fingerprint density at radius 3 is 2.69 bits per heavy atom. The van der Waals surface area contributed by atoms with Gasteiger partial charge in [0.15, 0.2) is 0 Å². The highest BCUT2D eigenvalue weighted by Gasteiger charge is 2.34. The summed E-state index contributed by atoms with van der Waals surface area (Å²) in [5.74, 6) is -0.877. The van der Waals surface area contributed by atoms with Crippen molar-refractivity contribution in [1.82, 2.24) is 14.3 Å². The van der Waals surface area contributed by atoms with Crippen LogP contribution in [0.15, 0.2) is 46.0 Å². The topological polar surface area (TPSA) is 89.5 Å². The molecular weight excluding hydrogens is 410 g/mol. The predicted octanol–water partition coefficient (Wildman–Crippen LogP) is 3.14. The number of carbonyl (C=O) groups excluding carboxylic acids is 1. The van der Waals surface area contributed by atoms with E-state index in [2.05, 4.69) is 9.97 Å². The molecule has 0 aliphatic carbocycles. The van der Waals surface area contributed by atoms with Gasteiger partial charge in [0.25, 0.3) is 10.0 Å². The molecule has 0 saturated carbocycles. The summed E-state index contributed by atoms with van der Waals surface area (Å²) in [6, 6.07) is 10.8. The van der Waals surface area contributed by atoms with Gasteiger partial charge in [-0.05, 0) is 43.3 Å². The molecule has 2 aromatic heterocycles. The number of fused-ring (bicyclic) bond motifs is 1. The van der Waals surface area contributed by atoms with Crippen molar-refractivity contribution < 1.29 is 17.9 Å². The van der Waals surface area contributed by atoms with E-state index in [0.29, 0.717) is 35.0 Å². The van der Waals surface area contributed by atoms with Crippen molar-refractivity contribution in [1.29, 1.82) is 0 Å². The highest BCUT2D eigenvalue weighted by molar-refractivity contribution is 7.91. The van der Waals surface area contributed by atoms with Crippen LogP contribution in [0.25, 0.3) is 11.0 Å². The standard InChI is InChI=1S/C20H21N3O4S2/c1-14-18(22-17-8-3-2-7-16(17)21-14)13-27-20(24)15-6-4-10-23(12-15)29(25,26)19-9-5-11-28-19/h2-3,5,7-9,11,15H,4,6,10,12-13H2,1H3/t15-/m1/s1. The summed E-state index contributed by atoms with van der Waals surface area (Å²) < 4.78 is 32.6. The van der Waals surface area contributed by atoms with E-state index in [1.807, 2.05) is 31.2 Å². The third-order valence-electron chi connectivity index (χ3n) is 5.00. The van der Waals surface area contributed by atoms with Gasteiger partial charge >= 0.3 is 5.97 Å². The maximum Gasteiger partial charge on any atom is 0.310 e. The Labute approximate surface area is 173 Å². The van der Waals surface area contributed by atoms with Gasteiger partial charge in [-0.15, -0.1) is 11.3 Å². The van der Waals surface area contributed by atoms with Crippen LogP contribution in [0.2, 0.25) is 0 Å². The number of thiophene rings is 1. The number of ether oxygens (including phenoxy) is 1. The number of piperidine rings is 1. The lowest BCUT2D eigenvalue weighted by molar-refractivity contribution is -0.151. The van der Waals surface area contributed by atoms with Crippen LogP contribution in [-0.2, 0) is 26.2 Å². The molecule has 0 spiro atoms. The molecule has 7 nitrogen and oxygen atoms in total. The number of rotatable bonds is 5. The predicted molar refractivity (Wildman–Crippen MR) is 110 cm³/mol. The minimum absolute atomic E-state index is 0.0245. The number of carbonyl (C=O) groups is 1. The Balaban J connectivity index is 1.43. The second kappa shape index (κ2) is 8.17. The number of aromatic nitrogens is 2. The molecule has 3 aromatic rings. The molecule has 9 heteroatoms. The Morgan fingerprint density at radius 1 is 1.21 bits per heavy atom. The molecule has 0 N–H and O–H groups in total. The summed E-state index contributed by atoms with van der Waals surface area (Å²) in [7, 11) is -3.56. The van der Waals surface area contributed by atoms with Crippen LogP contribution in [0.3, 0.4) is 0 Å². The fraction of sp³-hybridized carbons (Fsp3) is 0.350. The molecule has 1 aromatic carbocycles. The molecule has 3 heterocycles. The van der Waals surface area contributed by atoms with E-state index in [4.69, 9.17) is 4.74 Å². The third kappa shape index (κ3) is 4.17. The molecular formula is C20H21N3O4S2. The van der Waals surface area contributed by atoms with E-state index in [9.17, 15) is 13.2 Å². The summed E-state index contributed by atoms with van der Waals surface area (Å²) in [5, 5.41) is 1.73. The Bertz CT molecular complexity index is 1130. The van der Waals surface area contributed by atoms with Gasteiger partial charge in [-0.1, -0.05) is 18.2 Å². The van der Waals surface area contributed by atoms with Crippen LogP contribution in [0.5, 0.6) is 0 Å². The minimum Gasteiger partial charge on any atom is -0.459 e. The third-order valence-corrected chi connectivity index (χ3v) is 8.24. The summed E-state index contributed by atoms with van der Waals surface area (Å²) >= 11 is 1.18. The van der Waals surface area contributed by atoms with Crippen molar-refractivity contribution in [3.8, 4) is 0 Å². The first-order valence-corrected chi connectivity index (χ1v) is 11.7. The molecule has 0 unspecified atom stereocenters. The van der Waals surface area contributed by atoms with E-state index in [1.54, 1.807) is 17.5 Å². The molecule has 1 aliphatic heterocycles. The fourth-order valence-corrected chi connectivity index (χ4v) is 6.08.